The number of aromatic nitrogens is 2. The normalized spacial score (nSPS) is 11.5. The number of benzene rings is 2. The lowest BCUT2D eigenvalue weighted by Crippen LogP contribution is -2.24. The number of carbonyl (C=O) groups excluding carboxylic acids is 1. The van der Waals surface area contributed by atoms with Crippen molar-refractivity contribution in [1.82, 2.24) is 9.78 Å². The summed E-state index contributed by atoms with van der Waals surface area (Å²) < 4.78 is 61.1. The van der Waals surface area contributed by atoms with Crippen LogP contribution in [0.25, 0.3) is 16.6 Å². The van der Waals surface area contributed by atoms with Crippen molar-refractivity contribution in [3.63, 3.8) is 0 Å². The van der Waals surface area contributed by atoms with Gasteiger partial charge in [0, 0.05) is 11.0 Å². The second kappa shape index (κ2) is 8.34. The van der Waals surface area contributed by atoms with Crippen molar-refractivity contribution < 1.29 is 31.8 Å². The summed E-state index contributed by atoms with van der Waals surface area (Å²) in [5, 5.41) is 4.04. The lowest BCUT2D eigenvalue weighted by Gasteiger charge is -2.14. The van der Waals surface area contributed by atoms with Gasteiger partial charge in [0.1, 0.15) is 11.6 Å². The number of hydrogen-bond donors (Lipinski definition) is 0. The molecule has 0 atom stereocenters. The average molecular weight is 442 g/mol. The van der Waals surface area contributed by atoms with Gasteiger partial charge in [-0.1, -0.05) is 0 Å². The minimum absolute atomic E-state index is 0.000269. The Labute approximate surface area is 171 Å². The van der Waals surface area contributed by atoms with E-state index in [1.165, 1.54) is 12.1 Å². The van der Waals surface area contributed by atoms with Crippen LogP contribution in [0.4, 0.5) is 17.6 Å². The predicted molar refractivity (Wildman–Crippen MR) is 102 cm³/mol. The van der Waals surface area contributed by atoms with Crippen molar-refractivity contribution >= 4 is 28.6 Å². The van der Waals surface area contributed by atoms with Gasteiger partial charge in [-0.2, -0.15) is 5.10 Å². The molecule has 3 aromatic rings. The molecule has 0 N–H and O–H groups in total. The third kappa shape index (κ3) is 4.40. The lowest BCUT2D eigenvalue weighted by atomic mass is 10.1. The van der Waals surface area contributed by atoms with Gasteiger partial charge in [0.2, 0.25) is 11.1 Å². The van der Waals surface area contributed by atoms with E-state index in [1.807, 2.05) is 0 Å². The van der Waals surface area contributed by atoms with E-state index in [-0.39, 0.29) is 28.1 Å². The van der Waals surface area contributed by atoms with Crippen LogP contribution < -0.4 is 10.2 Å². The van der Waals surface area contributed by atoms with E-state index in [9.17, 15) is 27.2 Å². The Balaban J connectivity index is 2.27. The molecule has 30 heavy (non-hydrogen) atoms. The molecule has 0 aliphatic rings. The number of fused-ring (bicyclic) bond motifs is 1. The van der Waals surface area contributed by atoms with Crippen molar-refractivity contribution in [2.24, 2.45) is 0 Å². The molecule has 0 saturated heterocycles. The van der Waals surface area contributed by atoms with Gasteiger partial charge < -0.3 is 9.47 Å². The molecular weight excluding hydrogens is 428 g/mol. The summed E-state index contributed by atoms with van der Waals surface area (Å²) in [6.45, 7) is 1.56. The van der Waals surface area contributed by atoms with Crippen LogP contribution in [0.3, 0.4) is 0 Å². The molecule has 0 saturated carbocycles. The fourth-order valence-electron chi connectivity index (χ4n) is 2.76. The highest BCUT2D eigenvalue weighted by Gasteiger charge is 2.31. The maximum atomic E-state index is 14.1. The molecular formula is C19H14F4N2O4S. The number of carbonyl (C=O) groups is 1. The van der Waals surface area contributed by atoms with E-state index in [0.29, 0.717) is 0 Å². The van der Waals surface area contributed by atoms with Gasteiger partial charge in [0.15, 0.2) is 0 Å². The van der Waals surface area contributed by atoms with Crippen LogP contribution in [0.15, 0.2) is 46.1 Å². The molecule has 0 aliphatic carbocycles. The highest BCUT2D eigenvalue weighted by molar-refractivity contribution is 7.98. The number of alkyl halides is 3. The fraction of sp³-hybridized carbons (Fsp3) is 0.211. The van der Waals surface area contributed by atoms with Gasteiger partial charge in [0.25, 0.3) is 0 Å². The number of esters is 1. The van der Waals surface area contributed by atoms with Crippen LogP contribution in [0, 0.1) is 5.82 Å². The van der Waals surface area contributed by atoms with E-state index in [0.717, 1.165) is 40.7 Å². The summed E-state index contributed by atoms with van der Waals surface area (Å²) in [4.78, 5) is 25.4. The summed E-state index contributed by atoms with van der Waals surface area (Å²) in [6, 6.07) is 6.74. The van der Waals surface area contributed by atoms with Crippen molar-refractivity contribution in [3.8, 4) is 11.4 Å². The zero-order valence-electron chi connectivity index (χ0n) is 15.6. The first-order chi connectivity index (χ1) is 14.1. The topological polar surface area (TPSA) is 70.4 Å². The zero-order valence-corrected chi connectivity index (χ0v) is 16.4. The van der Waals surface area contributed by atoms with Gasteiger partial charge in [-0.3, -0.25) is 4.79 Å². The van der Waals surface area contributed by atoms with Crippen LogP contribution in [-0.4, -0.2) is 35.0 Å². The molecule has 0 amide bonds. The number of nitrogens with zero attached hydrogens (tertiary/aromatic N) is 2. The van der Waals surface area contributed by atoms with Crippen LogP contribution in [-0.2, 0) is 4.74 Å². The van der Waals surface area contributed by atoms with Gasteiger partial charge in [0.05, 0.1) is 23.2 Å². The number of hydrogen-bond acceptors (Lipinski definition) is 6. The van der Waals surface area contributed by atoms with E-state index < -0.39 is 35.0 Å². The first-order valence-electron chi connectivity index (χ1n) is 8.48. The summed E-state index contributed by atoms with van der Waals surface area (Å²) in [5.41, 5.74) is -1.04. The van der Waals surface area contributed by atoms with Gasteiger partial charge in [-0.05, 0) is 43.5 Å². The second-order valence-corrected chi connectivity index (χ2v) is 6.70. The Morgan fingerprint density at radius 1 is 1.20 bits per heavy atom. The average Bonchev–Trinajstić information content (AvgIpc) is 2.67. The van der Waals surface area contributed by atoms with Crippen LogP contribution in [0.1, 0.15) is 17.4 Å². The maximum absolute atomic E-state index is 14.1. The largest absolute Gasteiger partial charge is 0.573 e. The number of thioether (sulfide) groups is 1. The molecule has 0 radical (unpaired) electrons. The monoisotopic (exact) mass is 442 g/mol. The van der Waals surface area contributed by atoms with E-state index in [4.69, 9.17) is 4.74 Å². The van der Waals surface area contributed by atoms with Gasteiger partial charge >= 0.3 is 12.3 Å². The Bertz CT molecular complexity index is 1160. The van der Waals surface area contributed by atoms with Crippen molar-refractivity contribution in [2.75, 3.05) is 12.9 Å². The Morgan fingerprint density at radius 2 is 1.87 bits per heavy atom. The molecule has 6 nitrogen and oxygen atoms in total. The third-order valence-corrected chi connectivity index (χ3v) is 4.68. The molecule has 2 aromatic carbocycles. The van der Waals surface area contributed by atoms with Crippen molar-refractivity contribution in [3.05, 3.63) is 58.1 Å². The first-order valence-corrected chi connectivity index (χ1v) is 9.71. The highest BCUT2D eigenvalue weighted by atomic mass is 32.2. The summed E-state index contributed by atoms with van der Waals surface area (Å²) >= 11 is 1.09. The second-order valence-electron chi connectivity index (χ2n) is 5.85. The van der Waals surface area contributed by atoms with Crippen LogP contribution in [0.5, 0.6) is 5.75 Å². The molecule has 158 valence electrons. The molecule has 0 unspecified atom stereocenters. The zero-order chi connectivity index (χ0) is 22.1. The first kappa shape index (κ1) is 21.6. The standard InChI is InChI=1S/C19H14F4N2O4S/c1-3-28-18(27)16-17(26)15-13(8-10(20)9-14(15)30-2)25(24-16)11-4-6-12(7-5-11)29-19(21,22)23/h4-9H,3H2,1-2H3. The molecule has 0 spiro atoms. The lowest BCUT2D eigenvalue weighted by molar-refractivity contribution is -0.274. The number of rotatable bonds is 5. The van der Waals surface area contributed by atoms with E-state index in [1.54, 1.807) is 13.2 Å². The summed E-state index contributed by atoms with van der Waals surface area (Å²) in [7, 11) is 0. The van der Waals surface area contributed by atoms with Gasteiger partial charge in [-0.25, -0.2) is 13.9 Å². The number of ether oxygens (including phenoxy) is 2. The maximum Gasteiger partial charge on any atom is 0.573 e. The van der Waals surface area contributed by atoms with E-state index >= 15 is 0 Å². The number of halogens is 4. The van der Waals surface area contributed by atoms with Crippen molar-refractivity contribution in [1.29, 1.82) is 0 Å². The fourth-order valence-corrected chi connectivity index (χ4v) is 3.39. The quantitative estimate of drug-likeness (QED) is 0.333. The molecule has 11 heteroatoms. The molecule has 1 aromatic heterocycles. The molecule has 0 aliphatic heterocycles. The summed E-state index contributed by atoms with van der Waals surface area (Å²) in [5.74, 6) is -2.09. The molecule has 0 fully saturated rings. The molecule has 0 bridgehead atoms. The smallest absolute Gasteiger partial charge is 0.461 e. The minimum Gasteiger partial charge on any atom is -0.461 e. The SMILES string of the molecule is CCOC(=O)c1nn(-c2ccc(OC(F)(F)F)cc2)c2cc(F)cc(SC)c2c1=O. The Kier molecular flexibility index (Phi) is 6.01. The Hall–Kier alpha value is -3.08. The molecule has 1 heterocycles. The van der Waals surface area contributed by atoms with E-state index in [2.05, 4.69) is 9.84 Å². The molecule has 3 rings (SSSR count). The van der Waals surface area contributed by atoms with Crippen LogP contribution >= 0.6 is 11.8 Å². The Morgan fingerprint density at radius 3 is 2.43 bits per heavy atom. The minimum atomic E-state index is -4.86. The third-order valence-electron chi connectivity index (χ3n) is 3.92. The predicted octanol–water partition coefficient (Wildman–Crippen LogP) is 4.32. The van der Waals surface area contributed by atoms with Crippen molar-refractivity contribution in [2.45, 2.75) is 18.2 Å². The summed E-state index contributed by atoms with van der Waals surface area (Å²) in [6.07, 6.45) is -3.23. The highest BCUT2D eigenvalue weighted by Crippen LogP contribution is 2.28. The van der Waals surface area contributed by atoms with Gasteiger partial charge in [-0.15, -0.1) is 24.9 Å². The van der Waals surface area contributed by atoms with Crippen LogP contribution in [0.2, 0.25) is 0 Å².